The fourth-order valence-electron chi connectivity index (χ4n) is 3.07. The summed E-state index contributed by atoms with van der Waals surface area (Å²) in [6.07, 6.45) is 2.47. The Morgan fingerprint density at radius 1 is 1.37 bits per heavy atom. The molecule has 0 aliphatic carbocycles. The van der Waals surface area contributed by atoms with Crippen LogP contribution in [0.4, 0.5) is 4.79 Å². The van der Waals surface area contributed by atoms with E-state index in [1.807, 2.05) is 24.5 Å². The molecule has 0 bridgehead atoms. The van der Waals surface area contributed by atoms with E-state index in [1.165, 1.54) is 4.90 Å². The van der Waals surface area contributed by atoms with Crippen molar-refractivity contribution < 1.29 is 23.6 Å². The molecule has 1 saturated heterocycles. The normalized spacial score (nSPS) is 15.5. The van der Waals surface area contributed by atoms with Crippen LogP contribution in [-0.4, -0.2) is 51.7 Å². The number of likely N-dealkylation sites (tertiary alicyclic amines) is 1. The standard InChI is InChI=1S/C18H19N3O5S/c1-27-13-2-3-14-11(8-13)9-15(25-14)17-19-16(20-26-17)10-24-12-4-6-21(7-5-12)18(22)23/h2-3,8-9,12H,4-7,10H2,1H3,(H,22,23). The molecular formula is C18H19N3O5S. The van der Waals surface area contributed by atoms with Crippen molar-refractivity contribution >= 4 is 28.8 Å². The number of piperidine rings is 1. The number of furan rings is 1. The van der Waals surface area contributed by atoms with Gasteiger partial charge >= 0.3 is 6.09 Å². The van der Waals surface area contributed by atoms with Crippen LogP contribution in [0.1, 0.15) is 18.7 Å². The number of hydrogen-bond donors (Lipinski definition) is 1. The summed E-state index contributed by atoms with van der Waals surface area (Å²) in [7, 11) is 0. The lowest BCUT2D eigenvalue weighted by molar-refractivity contribution is -0.00294. The highest BCUT2D eigenvalue weighted by Gasteiger charge is 2.23. The second kappa shape index (κ2) is 7.61. The summed E-state index contributed by atoms with van der Waals surface area (Å²) < 4.78 is 16.9. The highest BCUT2D eigenvalue weighted by molar-refractivity contribution is 7.98. The van der Waals surface area contributed by atoms with E-state index < -0.39 is 6.09 Å². The molecule has 142 valence electrons. The zero-order valence-corrected chi connectivity index (χ0v) is 15.6. The van der Waals surface area contributed by atoms with Gasteiger partial charge in [0.15, 0.2) is 11.6 Å². The molecule has 1 aliphatic rings. The zero-order chi connectivity index (χ0) is 18.8. The van der Waals surface area contributed by atoms with Crippen LogP contribution in [0.2, 0.25) is 0 Å². The Kier molecular flexibility index (Phi) is 5.04. The fraction of sp³-hybridized carbons (Fsp3) is 0.389. The minimum atomic E-state index is -0.883. The molecule has 1 aromatic carbocycles. The maximum atomic E-state index is 10.9. The Morgan fingerprint density at radius 3 is 2.93 bits per heavy atom. The van der Waals surface area contributed by atoms with Crippen LogP contribution in [0.5, 0.6) is 0 Å². The summed E-state index contributed by atoms with van der Waals surface area (Å²) in [5.74, 6) is 1.28. The predicted molar refractivity (Wildman–Crippen MR) is 98.7 cm³/mol. The number of rotatable bonds is 5. The van der Waals surface area contributed by atoms with E-state index in [-0.39, 0.29) is 12.7 Å². The van der Waals surface area contributed by atoms with Gasteiger partial charge in [0.25, 0.3) is 5.89 Å². The number of carboxylic acid groups (broad SMARTS) is 1. The molecule has 2 aromatic heterocycles. The quantitative estimate of drug-likeness (QED) is 0.656. The van der Waals surface area contributed by atoms with E-state index in [2.05, 4.69) is 16.2 Å². The lowest BCUT2D eigenvalue weighted by atomic mass is 10.1. The Bertz CT molecular complexity index is 946. The average Bonchev–Trinajstić information content (AvgIpc) is 3.32. The smallest absolute Gasteiger partial charge is 0.407 e. The van der Waals surface area contributed by atoms with Crippen molar-refractivity contribution in [1.82, 2.24) is 15.0 Å². The molecule has 27 heavy (non-hydrogen) atoms. The van der Waals surface area contributed by atoms with Crippen molar-refractivity contribution in [3.8, 4) is 11.7 Å². The highest BCUT2D eigenvalue weighted by atomic mass is 32.2. The van der Waals surface area contributed by atoms with E-state index in [0.29, 0.717) is 43.4 Å². The van der Waals surface area contributed by atoms with Gasteiger partial charge in [-0.3, -0.25) is 0 Å². The maximum Gasteiger partial charge on any atom is 0.407 e. The van der Waals surface area contributed by atoms with Gasteiger partial charge in [-0.25, -0.2) is 4.79 Å². The third-order valence-electron chi connectivity index (χ3n) is 4.56. The molecule has 3 heterocycles. The van der Waals surface area contributed by atoms with Gasteiger partial charge in [0, 0.05) is 23.4 Å². The van der Waals surface area contributed by atoms with Gasteiger partial charge in [0.1, 0.15) is 12.2 Å². The third kappa shape index (κ3) is 3.93. The van der Waals surface area contributed by atoms with E-state index in [9.17, 15) is 4.79 Å². The summed E-state index contributed by atoms with van der Waals surface area (Å²) in [6, 6.07) is 7.86. The number of benzene rings is 1. The van der Waals surface area contributed by atoms with Crippen LogP contribution in [0.25, 0.3) is 22.6 Å². The largest absolute Gasteiger partial charge is 0.465 e. The van der Waals surface area contributed by atoms with Crippen molar-refractivity contribution in [3.63, 3.8) is 0 Å². The number of fused-ring (bicyclic) bond motifs is 1. The summed E-state index contributed by atoms with van der Waals surface area (Å²) in [5, 5.41) is 13.9. The van der Waals surface area contributed by atoms with Gasteiger partial charge in [0.05, 0.1) is 6.10 Å². The van der Waals surface area contributed by atoms with Gasteiger partial charge < -0.3 is 23.7 Å². The number of aromatic nitrogens is 2. The second-order valence-electron chi connectivity index (χ2n) is 6.31. The molecule has 3 aromatic rings. The number of thioether (sulfide) groups is 1. The molecule has 4 rings (SSSR count). The van der Waals surface area contributed by atoms with Crippen molar-refractivity contribution in [2.24, 2.45) is 0 Å². The molecule has 0 radical (unpaired) electrons. The van der Waals surface area contributed by atoms with Crippen molar-refractivity contribution in [2.75, 3.05) is 19.3 Å². The molecule has 1 fully saturated rings. The summed E-state index contributed by atoms with van der Waals surface area (Å²) >= 11 is 1.67. The van der Waals surface area contributed by atoms with E-state index in [1.54, 1.807) is 11.8 Å². The molecule has 1 aliphatic heterocycles. The van der Waals surface area contributed by atoms with Crippen LogP contribution in [0.3, 0.4) is 0 Å². The number of hydrogen-bond acceptors (Lipinski definition) is 7. The first-order chi connectivity index (χ1) is 13.1. The number of nitrogens with zero attached hydrogens (tertiary/aromatic N) is 3. The van der Waals surface area contributed by atoms with Crippen LogP contribution in [0, 0.1) is 0 Å². The van der Waals surface area contributed by atoms with Gasteiger partial charge in [-0.2, -0.15) is 4.98 Å². The Morgan fingerprint density at radius 2 is 2.19 bits per heavy atom. The number of ether oxygens (including phenoxy) is 1. The summed E-state index contributed by atoms with van der Waals surface area (Å²) in [5.41, 5.74) is 0.768. The fourth-order valence-corrected chi connectivity index (χ4v) is 3.52. The molecule has 8 nitrogen and oxygen atoms in total. The Labute approximate surface area is 159 Å². The van der Waals surface area contributed by atoms with E-state index in [4.69, 9.17) is 18.8 Å². The second-order valence-corrected chi connectivity index (χ2v) is 7.19. The molecule has 1 amide bonds. The van der Waals surface area contributed by atoms with Crippen LogP contribution >= 0.6 is 11.8 Å². The van der Waals surface area contributed by atoms with Crippen molar-refractivity contribution in [2.45, 2.75) is 30.4 Å². The lowest BCUT2D eigenvalue weighted by Gasteiger charge is -2.29. The Hall–Kier alpha value is -2.52. The molecule has 0 spiro atoms. The lowest BCUT2D eigenvalue weighted by Crippen LogP contribution is -2.40. The zero-order valence-electron chi connectivity index (χ0n) is 14.8. The topological polar surface area (TPSA) is 102 Å². The molecule has 1 N–H and O–H groups in total. The summed E-state index contributed by atoms with van der Waals surface area (Å²) in [6.45, 7) is 1.18. The Balaban J connectivity index is 1.38. The van der Waals surface area contributed by atoms with E-state index in [0.717, 1.165) is 15.9 Å². The van der Waals surface area contributed by atoms with Crippen LogP contribution in [-0.2, 0) is 11.3 Å². The van der Waals surface area contributed by atoms with Gasteiger partial charge in [0.2, 0.25) is 0 Å². The molecular weight excluding hydrogens is 370 g/mol. The van der Waals surface area contributed by atoms with Crippen LogP contribution in [0.15, 0.2) is 38.1 Å². The monoisotopic (exact) mass is 389 g/mol. The number of carbonyl (C=O) groups is 1. The average molecular weight is 389 g/mol. The first kappa shape index (κ1) is 17.9. The SMILES string of the molecule is CSc1ccc2oc(-c3nc(COC4CCN(C(=O)O)CC4)no3)cc2c1. The molecule has 9 heteroatoms. The highest BCUT2D eigenvalue weighted by Crippen LogP contribution is 2.29. The molecule has 0 saturated carbocycles. The van der Waals surface area contributed by atoms with Crippen molar-refractivity contribution in [3.05, 3.63) is 30.1 Å². The van der Waals surface area contributed by atoms with Crippen molar-refractivity contribution in [1.29, 1.82) is 0 Å². The molecule has 0 unspecified atom stereocenters. The van der Waals surface area contributed by atoms with Gasteiger partial charge in [-0.05, 0) is 43.4 Å². The first-order valence-electron chi connectivity index (χ1n) is 8.62. The first-order valence-corrected chi connectivity index (χ1v) is 9.85. The minimum absolute atomic E-state index is 0.00119. The maximum absolute atomic E-state index is 10.9. The molecule has 0 atom stereocenters. The van der Waals surface area contributed by atoms with Crippen LogP contribution < -0.4 is 0 Å². The van der Waals surface area contributed by atoms with E-state index >= 15 is 0 Å². The predicted octanol–water partition coefficient (Wildman–Crippen LogP) is 3.86. The minimum Gasteiger partial charge on any atom is -0.465 e. The van der Waals surface area contributed by atoms with Gasteiger partial charge in [-0.1, -0.05) is 5.16 Å². The third-order valence-corrected chi connectivity index (χ3v) is 5.29. The summed E-state index contributed by atoms with van der Waals surface area (Å²) in [4.78, 5) is 17.8. The van der Waals surface area contributed by atoms with Gasteiger partial charge in [-0.15, -0.1) is 11.8 Å². The number of amides is 1.